The van der Waals surface area contributed by atoms with Crippen molar-refractivity contribution in [1.82, 2.24) is 5.43 Å². The molecule has 4 heteroatoms. The number of benzene rings is 1. The van der Waals surface area contributed by atoms with E-state index in [9.17, 15) is 0 Å². The number of aliphatic imine (C=N–C) groups is 1. The van der Waals surface area contributed by atoms with Gasteiger partial charge in [-0.3, -0.25) is 4.99 Å². The molecule has 0 fully saturated rings. The molecule has 82 valence electrons. The van der Waals surface area contributed by atoms with E-state index in [1.165, 1.54) is 4.90 Å². The molecule has 0 saturated carbocycles. The highest BCUT2D eigenvalue weighted by atomic mass is 32.2. The minimum Gasteiger partial charge on any atom is -0.312 e. The third-order valence-corrected chi connectivity index (χ3v) is 2.72. The van der Waals surface area contributed by atoms with Crippen LogP contribution in [0.5, 0.6) is 0 Å². The van der Waals surface area contributed by atoms with Crippen LogP contribution in [0.15, 0.2) is 40.2 Å². The zero-order valence-electron chi connectivity index (χ0n) is 9.10. The van der Waals surface area contributed by atoms with E-state index in [0.29, 0.717) is 0 Å². The van der Waals surface area contributed by atoms with Crippen molar-refractivity contribution in [3.05, 3.63) is 30.3 Å². The van der Waals surface area contributed by atoms with E-state index in [0.717, 1.165) is 11.6 Å². The van der Waals surface area contributed by atoms with Crippen molar-refractivity contribution in [2.45, 2.75) is 24.8 Å². The molecular weight excluding hydrogens is 206 g/mol. The van der Waals surface area contributed by atoms with Gasteiger partial charge in [0.05, 0.1) is 5.75 Å². The molecule has 0 atom stereocenters. The fraction of sp³-hybridized carbons (Fsp3) is 0.364. The Morgan fingerprint density at radius 1 is 1.40 bits per heavy atom. The second kappa shape index (κ2) is 6.48. The number of amidine groups is 1. The number of thioether (sulfide) groups is 1. The van der Waals surface area contributed by atoms with Crippen molar-refractivity contribution in [2.24, 2.45) is 10.8 Å². The van der Waals surface area contributed by atoms with Crippen LogP contribution in [0.3, 0.4) is 0 Å². The van der Waals surface area contributed by atoms with E-state index in [2.05, 4.69) is 22.6 Å². The van der Waals surface area contributed by atoms with E-state index in [1.54, 1.807) is 11.8 Å². The number of hydrazine groups is 1. The predicted octanol–water partition coefficient (Wildman–Crippen LogP) is 2.05. The minimum atomic E-state index is 0.271. The van der Waals surface area contributed by atoms with Crippen LogP contribution in [-0.2, 0) is 0 Å². The first-order valence-electron chi connectivity index (χ1n) is 4.93. The van der Waals surface area contributed by atoms with Crippen molar-refractivity contribution in [3.8, 4) is 0 Å². The first-order chi connectivity index (χ1) is 7.22. The number of rotatable bonds is 4. The van der Waals surface area contributed by atoms with Gasteiger partial charge in [0.1, 0.15) is 5.84 Å². The van der Waals surface area contributed by atoms with Gasteiger partial charge in [0.2, 0.25) is 0 Å². The first-order valence-corrected chi connectivity index (χ1v) is 5.92. The SMILES string of the molecule is CC(C)N=C(CSc1ccccc1)NN. The summed E-state index contributed by atoms with van der Waals surface area (Å²) in [6.07, 6.45) is 0. The smallest absolute Gasteiger partial charge is 0.121 e. The van der Waals surface area contributed by atoms with Gasteiger partial charge in [-0.05, 0) is 26.0 Å². The Balaban J connectivity index is 2.48. The molecule has 0 bridgehead atoms. The summed E-state index contributed by atoms with van der Waals surface area (Å²) in [6.45, 7) is 4.06. The van der Waals surface area contributed by atoms with Gasteiger partial charge in [0.25, 0.3) is 0 Å². The highest BCUT2D eigenvalue weighted by Gasteiger charge is 1.99. The van der Waals surface area contributed by atoms with Gasteiger partial charge >= 0.3 is 0 Å². The molecule has 1 aromatic rings. The Hall–Kier alpha value is -1.00. The quantitative estimate of drug-likeness (QED) is 0.270. The lowest BCUT2D eigenvalue weighted by atomic mass is 10.4. The number of hydrogen-bond acceptors (Lipinski definition) is 3. The van der Waals surface area contributed by atoms with Crippen LogP contribution in [0.4, 0.5) is 0 Å². The summed E-state index contributed by atoms with van der Waals surface area (Å²) in [7, 11) is 0. The predicted molar refractivity (Wildman–Crippen MR) is 67.1 cm³/mol. The minimum absolute atomic E-state index is 0.271. The standard InChI is InChI=1S/C11H17N3S/c1-9(2)13-11(14-12)8-15-10-6-4-3-5-7-10/h3-7,9H,8,12H2,1-2H3,(H,13,14). The number of nitrogens with zero attached hydrogens (tertiary/aromatic N) is 1. The highest BCUT2D eigenvalue weighted by molar-refractivity contribution is 8.00. The molecule has 15 heavy (non-hydrogen) atoms. The fourth-order valence-electron chi connectivity index (χ4n) is 1.10. The zero-order chi connectivity index (χ0) is 11.1. The summed E-state index contributed by atoms with van der Waals surface area (Å²) in [5.41, 5.74) is 2.63. The molecule has 0 aliphatic heterocycles. The van der Waals surface area contributed by atoms with Crippen molar-refractivity contribution in [2.75, 3.05) is 5.75 Å². The molecular formula is C11H17N3S. The van der Waals surface area contributed by atoms with Crippen LogP contribution in [0, 0.1) is 0 Å². The van der Waals surface area contributed by atoms with E-state index >= 15 is 0 Å². The maximum Gasteiger partial charge on any atom is 0.121 e. The molecule has 0 radical (unpaired) electrons. The molecule has 1 rings (SSSR count). The Kier molecular flexibility index (Phi) is 5.21. The summed E-state index contributed by atoms with van der Waals surface area (Å²) in [4.78, 5) is 5.60. The summed E-state index contributed by atoms with van der Waals surface area (Å²) < 4.78 is 0. The molecule has 0 amide bonds. The van der Waals surface area contributed by atoms with Gasteiger partial charge in [0.15, 0.2) is 0 Å². The average molecular weight is 223 g/mol. The monoisotopic (exact) mass is 223 g/mol. The third-order valence-electron chi connectivity index (χ3n) is 1.70. The van der Waals surface area contributed by atoms with Crippen molar-refractivity contribution >= 4 is 17.6 Å². The second-order valence-corrected chi connectivity index (χ2v) is 4.46. The number of hydrogen-bond donors (Lipinski definition) is 2. The van der Waals surface area contributed by atoms with Gasteiger partial charge in [-0.25, -0.2) is 5.84 Å². The van der Waals surface area contributed by atoms with Crippen molar-refractivity contribution in [3.63, 3.8) is 0 Å². The molecule has 1 aromatic carbocycles. The summed E-state index contributed by atoms with van der Waals surface area (Å²) in [5.74, 6) is 7.00. The molecule has 3 N–H and O–H groups in total. The number of nitrogens with one attached hydrogen (secondary N) is 1. The topological polar surface area (TPSA) is 50.4 Å². The lowest BCUT2D eigenvalue weighted by Crippen LogP contribution is -2.32. The summed E-state index contributed by atoms with van der Waals surface area (Å²) in [5, 5.41) is 0. The normalized spacial score (nSPS) is 11.9. The van der Waals surface area contributed by atoms with Crippen LogP contribution < -0.4 is 11.3 Å². The largest absolute Gasteiger partial charge is 0.312 e. The molecule has 0 aliphatic carbocycles. The lowest BCUT2D eigenvalue weighted by molar-refractivity contribution is 0.818. The molecule has 0 aliphatic rings. The van der Waals surface area contributed by atoms with Crippen LogP contribution in [-0.4, -0.2) is 17.6 Å². The Morgan fingerprint density at radius 2 is 2.07 bits per heavy atom. The first kappa shape index (κ1) is 12.1. The van der Waals surface area contributed by atoms with Gasteiger partial charge in [-0.2, -0.15) is 0 Å². The lowest BCUT2D eigenvalue weighted by Gasteiger charge is -2.07. The Morgan fingerprint density at radius 3 is 2.60 bits per heavy atom. The third kappa shape index (κ3) is 4.85. The Labute approximate surface area is 95.1 Å². The molecule has 3 nitrogen and oxygen atoms in total. The number of nitrogens with two attached hydrogens (primary N) is 1. The summed E-state index contributed by atoms with van der Waals surface area (Å²) >= 11 is 1.72. The maximum absolute atomic E-state index is 5.39. The molecule has 0 aromatic heterocycles. The summed E-state index contributed by atoms with van der Waals surface area (Å²) in [6, 6.07) is 10.5. The molecule has 0 saturated heterocycles. The molecule has 0 unspecified atom stereocenters. The van der Waals surface area contributed by atoms with Gasteiger partial charge in [0, 0.05) is 10.9 Å². The van der Waals surface area contributed by atoms with Gasteiger partial charge < -0.3 is 5.43 Å². The molecule has 0 heterocycles. The molecule has 0 spiro atoms. The van der Waals surface area contributed by atoms with Crippen LogP contribution in [0.25, 0.3) is 0 Å². The van der Waals surface area contributed by atoms with E-state index < -0.39 is 0 Å². The highest BCUT2D eigenvalue weighted by Crippen LogP contribution is 2.16. The van der Waals surface area contributed by atoms with Crippen LogP contribution >= 0.6 is 11.8 Å². The maximum atomic E-state index is 5.39. The fourth-order valence-corrected chi connectivity index (χ4v) is 1.91. The van der Waals surface area contributed by atoms with E-state index in [-0.39, 0.29) is 6.04 Å². The van der Waals surface area contributed by atoms with E-state index in [4.69, 9.17) is 5.84 Å². The average Bonchev–Trinajstić information content (AvgIpc) is 2.25. The van der Waals surface area contributed by atoms with E-state index in [1.807, 2.05) is 32.0 Å². The second-order valence-electron chi connectivity index (χ2n) is 3.42. The zero-order valence-corrected chi connectivity index (χ0v) is 9.92. The van der Waals surface area contributed by atoms with Crippen LogP contribution in [0.1, 0.15) is 13.8 Å². The van der Waals surface area contributed by atoms with Gasteiger partial charge in [-0.15, -0.1) is 11.8 Å². The van der Waals surface area contributed by atoms with Crippen molar-refractivity contribution in [1.29, 1.82) is 0 Å². The van der Waals surface area contributed by atoms with Crippen LogP contribution in [0.2, 0.25) is 0 Å². The Bertz CT molecular complexity index is 309. The van der Waals surface area contributed by atoms with Gasteiger partial charge in [-0.1, -0.05) is 18.2 Å². The van der Waals surface area contributed by atoms with Crippen molar-refractivity contribution < 1.29 is 0 Å².